The second-order valence-corrected chi connectivity index (χ2v) is 8.05. The molecule has 0 radical (unpaired) electrons. The molecule has 3 heterocycles. The lowest BCUT2D eigenvalue weighted by molar-refractivity contribution is 0.749. The molecule has 0 saturated carbocycles. The maximum Gasteiger partial charge on any atom is 0.263 e. The first kappa shape index (κ1) is 15.3. The van der Waals surface area contributed by atoms with Crippen molar-refractivity contribution < 1.29 is 0 Å². The third kappa shape index (κ3) is 2.70. The van der Waals surface area contributed by atoms with Crippen molar-refractivity contribution in [1.29, 1.82) is 0 Å². The molecular weight excluding hydrogens is 336 g/mol. The molecular formula is C19H16N2OS2. The highest BCUT2D eigenvalue weighted by atomic mass is 32.1. The topological polar surface area (TPSA) is 34.9 Å². The van der Waals surface area contributed by atoms with Gasteiger partial charge in [0.1, 0.15) is 4.83 Å². The van der Waals surface area contributed by atoms with Crippen molar-refractivity contribution >= 4 is 32.9 Å². The van der Waals surface area contributed by atoms with Crippen LogP contribution in [0, 0.1) is 13.8 Å². The average molecular weight is 352 g/mol. The molecule has 0 amide bonds. The van der Waals surface area contributed by atoms with Crippen molar-refractivity contribution in [3.63, 3.8) is 0 Å². The summed E-state index contributed by atoms with van der Waals surface area (Å²) < 4.78 is 1.70. The lowest BCUT2D eigenvalue weighted by Crippen LogP contribution is -2.20. The van der Waals surface area contributed by atoms with Gasteiger partial charge in [0.25, 0.3) is 5.56 Å². The molecule has 0 fully saturated rings. The normalized spacial score (nSPS) is 11.2. The van der Waals surface area contributed by atoms with Crippen molar-refractivity contribution in [1.82, 2.24) is 9.55 Å². The Morgan fingerprint density at radius 2 is 2.04 bits per heavy atom. The summed E-state index contributed by atoms with van der Waals surface area (Å²) in [6.07, 6.45) is 1.66. The van der Waals surface area contributed by atoms with Gasteiger partial charge in [0.05, 0.1) is 18.3 Å². The maximum absolute atomic E-state index is 13.0. The molecule has 3 nitrogen and oxygen atoms in total. The molecule has 0 aliphatic heterocycles. The van der Waals surface area contributed by atoms with Crippen molar-refractivity contribution in [2.24, 2.45) is 0 Å². The van der Waals surface area contributed by atoms with E-state index in [9.17, 15) is 4.79 Å². The lowest BCUT2D eigenvalue weighted by Gasteiger charge is -2.07. The smallest absolute Gasteiger partial charge is 0.263 e. The summed E-state index contributed by atoms with van der Waals surface area (Å²) in [5.41, 5.74) is 3.34. The summed E-state index contributed by atoms with van der Waals surface area (Å²) in [7, 11) is 0. The van der Waals surface area contributed by atoms with E-state index in [1.807, 2.05) is 17.5 Å². The standard InChI is InChI=1S/C19H16N2OS2/c1-12-4-3-5-14(8-12)9-21-11-20-18-17(19(21)22)15(10-23-18)16-7-6-13(2)24-16/h3-8,10-11H,9H2,1-2H3. The fourth-order valence-corrected chi connectivity index (χ4v) is 4.71. The Kier molecular flexibility index (Phi) is 3.82. The molecule has 4 aromatic rings. The highest BCUT2D eigenvalue weighted by Gasteiger charge is 2.14. The molecule has 0 aliphatic carbocycles. The van der Waals surface area contributed by atoms with Crippen molar-refractivity contribution in [3.8, 4) is 10.4 Å². The van der Waals surface area contributed by atoms with Crippen molar-refractivity contribution in [2.45, 2.75) is 20.4 Å². The predicted molar refractivity (Wildman–Crippen MR) is 102 cm³/mol. The molecule has 0 N–H and O–H groups in total. The molecule has 0 spiro atoms. The molecule has 4 rings (SSSR count). The molecule has 0 unspecified atom stereocenters. The van der Waals surface area contributed by atoms with E-state index in [1.54, 1.807) is 22.2 Å². The van der Waals surface area contributed by atoms with E-state index in [4.69, 9.17) is 0 Å². The minimum Gasteiger partial charge on any atom is -0.294 e. The van der Waals surface area contributed by atoms with Crippen LogP contribution in [0.4, 0.5) is 0 Å². The molecule has 1 aromatic carbocycles. The number of aryl methyl sites for hydroxylation is 2. The number of rotatable bonds is 3. The molecule has 24 heavy (non-hydrogen) atoms. The van der Waals surface area contributed by atoms with E-state index in [0.717, 1.165) is 26.2 Å². The van der Waals surface area contributed by atoms with E-state index >= 15 is 0 Å². The molecule has 0 atom stereocenters. The molecule has 120 valence electrons. The summed E-state index contributed by atoms with van der Waals surface area (Å²) in [6.45, 7) is 4.68. The molecule has 3 aromatic heterocycles. The summed E-state index contributed by atoms with van der Waals surface area (Å²) in [5, 5.41) is 2.78. The average Bonchev–Trinajstić information content (AvgIpc) is 3.16. The van der Waals surface area contributed by atoms with Crippen LogP contribution in [0.1, 0.15) is 16.0 Å². The lowest BCUT2D eigenvalue weighted by atomic mass is 10.1. The van der Waals surface area contributed by atoms with Crippen LogP contribution in [0.15, 0.2) is 52.9 Å². The Bertz CT molecular complexity index is 1090. The summed E-state index contributed by atoms with van der Waals surface area (Å²) in [5.74, 6) is 0. The fraction of sp³-hybridized carbons (Fsp3) is 0.158. The van der Waals surface area contributed by atoms with Gasteiger partial charge in [0.15, 0.2) is 0 Å². The first-order valence-corrected chi connectivity index (χ1v) is 9.40. The number of benzene rings is 1. The fourth-order valence-electron chi connectivity index (χ4n) is 2.85. The van der Waals surface area contributed by atoms with E-state index in [0.29, 0.717) is 6.54 Å². The number of fused-ring (bicyclic) bond motifs is 1. The van der Waals surface area contributed by atoms with Gasteiger partial charge in [-0.25, -0.2) is 4.98 Å². The maximum atomic E-state index is 13.0. The van der Waals surface area contributed by atoms with Gasteiger partial charge in [0, 0.05) is 20.7 Å². The minimum absolute atomic E-state index is 0.0313. The number of hydrogen-bond donors (Lipinski definition) is 0. The highest BCUT2D eigenvalue weighted by molar-refractivity contribution is 7.19. The van der Waals surface area contributed by atoms with Crippen LogP contribution in [0.25, 0.3) is 20.7 Å². The van der Waals surface area contributed by atoms with E-state index in [-0.39, 0.29) is 5.56 Å². The van der Waals surface area contributed by atoms with Crippen LogP contribution < -0.4 is 5.56 Å². The largest absolute Gasteiger partial charge is 0.294 e. The molecule has 0 saturated heterocycles. The van der Waals surface area contributed by atoms with Crippen LogP contribution in [0.5, 0.6) is 0 Å². The zero-order valence-corrected chi connectivity index (χ0v) is 15.1. The minimum atomic E-state index is 0.0313. The van der Waals surface area contributed by atoms with E-state index in [1.165, 1.54) is 21.8 Å². The number of nitrogens with zero attached hydrogens (tertiary/aromatic N) is 2. The second-order valence-electron chi connectivity index (χ2n) is 5.91. The number of aromatic nitrogens is 2. The van der Waals surface area contributed by atoms with Gasteiger partial charge in [-0.15, -0.1) is 22.7 Å². The molecule has 5 heteroatoms. The van der Waals surface area contributed by atoms with Gasteiger partial charge in [-0.05, 0) is 31.5 Å². The highest BCUT2D eigenvalue weighted by Crippen LogP contribution is 2.34. The zero-order valence-electron chi connectivity index (χ0n) is 13.4. The summed E-state index contributed by atoms with van der Waals surface area (Å²) in [6, 6.07) is 12.4. The third-order valence-corrected chi connectivity index (χ3v) is 5.92. The van der Waals surface area contributed by atoms with Crippen molar-refractivity contribution in [3.05, 3.63) is 74.5 Å². The van der Waals surface area contributed by atoms with Gasteiger partial charge >= 0.3 is 0 Å². The van der Waals surface area contributed by atoms with E-state index < -0.39 is 0 Å². The van der Waals surface area contributed by atoms with E-state index in [2.05, 4.69) is 43.1 Å². The van der Waals surface area contributed by atoms with Crippen LogP contribution in [-0.2, 0) is 6.54 Å². The first-order chi connectivity index (χ1) is 11.6. The Morgan fingerprint density at radius 3 is 2.79 bits per heavy atom. The quantitative estimate of drug-likeness (QED) is 0.528. The molecule has 0 bridgehead atoms. The zero-order chi connectivity index (χ0) is 16.7. The van der Waals surface area contributed by atoms with Gasteiger partial charge in [0.2, 0.25) is 0 Å². The van der Waals surface area contributed by atoms with Gasteiger partial charge < -0.3 is 0 Å². The van der Waals surface area contributed by atoms with Crippen LogP contribution in [0.2, 0.25) is 0 Å². The predicted octanol–water partition coefficient (Wildman–Crippen LogP) is 4.85. The Morgan fingerprint density at radius 1 is 1.17 bits per heavy atom. The monoisotopic (exact) mass is 352 g/mol. The molecule has 0 aliphatic rings. The van der Waals surface area contributed by atoms with Gasteiger partial charge in [-0.2, -0.15) is 0 Å². The summed E-state index contributed by atoms with van der Waals surface area (Å²) in [4.78, 5) is 20.7. The Hall–Kier alpha value is -2.24. The van der Waals surface area contributed by atoms with Crippen LogP contribution >= 0.6 is 22.7 Å². The Balaban J connectivity index is 1.84. The van der Waals surface area contributed by atoms with Crippen LogP contribution in [-0.4, -0.2) is 9.55 Å². The second kappa shape index (κ2) is 6.00. The van der Waals surface area contributed by atoms with Crippen molar-refractivity contribution in [2.75, 3.05) is 0 Å². The van der Waals surface area contributed by atoms with Gasteiger partial charge in [-0.3, -0.25) is 9.36 Å². The van der Waals surface area contributed by atoms with Gasteiger partial charge in [-0.1, -0.05) is 29.8 Å². The summed E-state index contributed by atoms with van der Waals surface area (Å²) >= 11 is 3.24. The number of hydrogen-bond acceptors (Lipinski definition) is 4. The van der Waals surface area contributed by atoms with Crippen LogP contribution in [0.3, 0.4) is 0 Å². The third-order valence-electron chi connectivity index (χ3n) is 4.00. The number of thiophene rings is 2. The SMILES string of the molecule is Cc1cccc(Cn2cnc3scc(-c4ccc(C)s4)c3c2=O)c1. The Labute approximate surface area is 147 Å². The first-order valence-electron chi connectivity index (χ1n) is 7.71.